The Morgan fingerprint density at radius 3 is 1.02 bits per heavy atom. The molecule has 0 unspecified atom stereocenters. The molecule has 0 radical (unpaired) electrons. The van der Waals surface area contributed by atoms with Gasteiger partial charge in [-0.25, -0.2) is 0 Å². The van der Waals surface area contributed by atoms with Gasteiger partial charge < -0.3 is 61.9 Å². The molecular formula is C28H50O13. The van der Waals surface area contributed by atoms with Gasteiger partial charge in [-0.05, 0) is 17.7 Å². The summed E-state index contributed by atoms with van der Waals surface area (Å²) in [5.41, 5.74) is 0.617. The SMILES string of the molecule is COCCOCCOCCOc1cc(CO)cc(OCCOCCOCCOC)c1OCCOCCOCCOC. The Morgan fingerprint density at radius 1 is 0.415 bits per heavy atom. The smallest absolute Gasteiger partial charge is 0.203 e. The maximum absolute atomic E-state index is 9.80. The molecule has 0 aliphatic carbocycles. The van der Waals surface area contributed by atoms with Crippen molar-refractivity contribution >= 4 is 0 Å². The fourth-order valence-corrected chi connectivity index (χ4v) is 3.10. The fraction of sp³-hybridized carbons (Fsp3) is 0.786. The molecule has 0 bridgehead atoms. The van der Waals surface area contributed by atoms with E-state index >= 15 is 0 Å². The van der Waals surface area contributed by atoms with Gasteiger partial charge in [0.15, 0.2) is 11.5 Å². The van der Waals surface area contributed by atoms with Crippen LogP contribution >= 0.6 is 0 Å². The molecule has 1 aromatic rings. The van der Waals surface area contributed by atoms with Crippen molar-refractivity contribution in [1.82, 2.24) is 0 Å². The Balaban J connectivity index is 2.60. The van der Waals surface area contributed by atoms with E-state index in [-0.39, 0.29) is 26.4 Å². The van der Waals surface area contributed by atoms with Gasteiger partial charge in [0.2, 0.25) is 5.75 Å². The molecule has 1 rings (SSSR count). The molecular weight excluding hydrogens is 544 g/mol. The second-order valence-corrected chi connectivity index (χ2v) is 8.28. The van der Waals surface area contributed by atoms with Crippen molar-refractivity contribution < 1.29 is 61.9 Å². The van der Waals surface area contributed by atoms with Crippen LogP contribution in [0.15, 0.2) is 12.1 Å². The molecule has 240 valence electrons. The van der Waals surface area contributed by atoms with E-state index in [0.29, 0.717) is 122 Å². The Hall–Kier alpha value is -1.78. The van der Waals surface area contributed by atoms with E-state index < -0.39 is 0 Å². The first kappa shape index (κ1) is 37.2. The Kier molecular flexibility index (Phi) is 25.7. The molecule has 1 N–H and O–H groups in total. The van der Waals surface area contributed by atoms with E-state index in [0.717, 1.165) is 0 Å². The molecule has 13 heteroatoms. The summed E-state index contributed by atoms with van der Waals surface area (Å²) in [4.78, 5) is 0. The zero-order chi connectivity index (χ0) is 29.6. The van der Waals surface area contributed by atoms with Crippen LogP contribution in [0.5, 0.6) is 17.2 Å². The quantitative estimate of drug-likeness (QED) is 0.124. The van der Waals surface area contributed by atoms with Crippen LogP contribution in [0, 0.1) is 0 Å². The second-order valence-electron chi connectivity index (χ2n) is 8.28. The number of rotatable bonds is 31. The number of aliphatic hydroxyl groups excluding tert-OH is 1. The maximum Gasteiger partial charge on any atom is 0.203 e. The number of ether oxygens (including phenoxy) is 12. The van der Waals surface area contributed by atoms with Gasteiger partial charge in [0, 0.05) is 21.3 Å². The van der Waals surface area contributed by atoms with E-state index in [9.17, 15) is 5.11 Å². The molecule has 0 fully saturated rings. The topological polar surface area (TPSA) is 131 Å². The molecule has 0 spiro atoms. The number of hydrogen-bond acceptors (Lipinski definition) is 13. The fourth-order valence-electron chi connectivity index (χ4n) is 3.10. The lowest BCUT2D eigenvalue weighted by atomic mass is 10.2. The summed E-state index contributed by atoms with van der Waals surface area (Å²) in [5, 5.41) is 9.80. The Bertz CT molecular complexity index is 665. The van der Waals surface area contributed by atoms with Crippen LogP contribution in [-0.4, -0.2) is 145 Å². The van der Waals surface area contributed by atoms with Gasteiger partial charge in [-0.1, -0.05) is 0 Å². The average molecular weight is 595 g/mol. The summed E-state index contributed by atoms with van der Waals surface area (Å²) in [6.07, 6.45) is 0. The van der Waals surface area contributed by atoms with Crippen LogP contribution in [0.25, 0.3) is 0 Å². The first-order valence-corrected chi connectivity index (χ1v) is 13.9. The third kappa shape index (κ3) is 20.7. The Morgan fingerprint density at radius 2 is 0.707 bits per heavy atom. The van der Waals surface area contributed by atoms with Crippen LogP contribution in [0.4, 0.5) is 0 Å². The summed E-state index contributed by atoms with van der Waals surface area (Å²) < 4.78 is 65.6. The molecule has 1 aromatic carbocycles. The Labute approximate surface area is 244 Å². The molecule has 0 aliphatic heterocycles. The van der Waals surface area contributed by atoms with Crippen LogP contribution < -0.4 is 14.2 Å². The predicted molar refractivity (Wildman–Crippen MR) is 149 cm³/mol. The summed E-state index contributed by atoms with van der Waals surface area (Å²) in [6, 6.07) is 3.43. The third-order valence-corrected chi connectivity index (χ3v) is 5.12. The van der Waals surface area contributed by atoms with Gasteiger partial charge in [0.1, 0.15) is 19.8 Å². The molecule has 0 atom stereocenters. The number of benzene rings is 1. The molecule has 13 nitrogen and oxygen atoms in total. The van der Waals surface area contributed by atoms with E-state index in [1.165, 1.54) is 0 Å². The van der Waals surface area contributed by atoms with Crippen molar-refractivity contribution in [2.24, 2.45) is 0 Å². The normalized spacial score (nSPS) is 11.2. The number of methoxy groups -OCH3 is 3. The summed E-state index contributed by atoms with van der Waals surface area (Å²) >= 11 is 0. The first-order chi connectivity index (χ1) is 20.3. The molecule has 0 aliphatic rings. The van der Waals surface area contributed by atoms with Crippen molar-refractivity contribution in [3.63, 3.8) is 0 Å². The van der Waals surface area contributed by atoms with E-state index in [1.54, 1.807) is 33.5 Å². The van der Waals surface area contributed by atoms with Crippen molar-refractivity contribution in [3.05, 3.63) is 17.7 Å². The lowest BCUT2D eigenvalue weighted by molar-refractivity contribution is 0.0146. The van der Waals surface area contributed by atoms with Gasteiger partial charge >= 0.3 is 0 Å². The van der Waals surface area contributed by atoms with Crippen LogP contribution in [-0.2, 0) is 49.2 Å². The highest BCUT2D eigenvalue weighted by molar-refractivity contribution is 5.54. The highest BCUT2D eigenvalue weighted by atomic mass is 16.6. The van der Waals surface area contributed by atoms with Crippen LogP contribution in [0.3, 0.4) is 0 Å². The highest BCUT2D eigenvalue weighted by Gasteiger charge is 2.16. The second kappa shape index (κ2) is 28.3. The lowest BCUT2D eigenvalue weighted by Gasteiger charge is -2.18. The van der Waals surface area contributed by atoms with Gasteiger partial charge in [-0.15, -0.1) is 0 Å². The van der Waals surface area contributed by atoms with Crippen LogP contribution in [0.2, 0.25) is 0 Å². The molecule has 0 aromatic heterocycles. The first-order valence-electron chi connectivity index (χ1n) is 13.9. The van der Waals surface area contributed by atoms with Gasteiger partial charge in [-0.2, -0.15) is 0 Å². The standard InChI is InChI=1S/C28H50O13/c1-30-4-7-33-10-13-36-16-19-39-26-22-25(24-29)23-27(40-20-17-37-14-11-34-8-5-31-2)28(26)41-21-18-38-15-12-35-9-6-32-3/h22-23,29H,4-21,24H2,1-3H3. The zero-order valence-corrected chi connectivity index (χ0v) is 24.9. The van der Waals surface area contributed by atoms with Gasteiger partial charge in [0.05, 0.1) is 106 Å². The number of hydrogen-bond donors (Lipinski definition) is 1. The third-order valence-electron chi connectivity index (χ3n) is 5.12. The molecule has 0 amide bonds. The molecule has 0 saturated carbocycles. The average Bonchev–Trinajstić information content (AvgIpc) is 2.99. The minimum atomic E-state index is -0.191. The van der Waals surface area contributed by atoms with Gasteiger partial charge in [-0.3, -0.25) is 0 Å². The number of aliphatic hydroxyl groups is 1. The van der Waals surface area contributed by atoms with E-state index in [4.69, 9.17) is 56.8 Å². The minimum Gasteiger partial charge on any atom is -0.487 e. The van der Waals surface area contributed by atoms with Gasteiger partial charge in [0.25, 0.3) is 0 Å². The lowest BCUT2D eigenvalue weighted by Crippen LogP contribution is -2.15. The van der Waals surface area contributed by atoms with Crippen molar-refractivity contribution in [2.75, 3.05) is 140 Å². The predicted octanol–water partition coefficient (Wildman–Crippen LogP) is 1.35. The summed E-state index contributed by atoms with van der Waals surface area (Å²) in [6.45, 7) is 7.52. The maximum atomic E-state index is 9.80. The van der Waals surface area contributed by atoms with Crippen molar-refractivity contribution in [1.29, 1.82) is 0 Å². The van der Waals surface area contributed by atoms with E-state index in [1.807, 2.05) is 0 Å². The van der Waals surface area contributed by atoms with Crippen LogP contribution in [0.1, 0.15) is 5.56 Å². The van der Waals surface area contributed by atoms with Crippen molar-refractivity contribution in [3.8, 4) is 17.2 Å². The monoisotopic (exact) mass is 594 g/mol. The molecule has 0 saturated heterocycles. The largest absolute Gasteiger partial charge is 0.487 e. The highest BCUT2D eigenvalue weighted by Crippen LogP contribution is 2.39. The summed E-state index contributed by atoms with van der Waals surface area (Å²) in [5.74, 6) is 1.27. The van der Waals surface area contributed by atoms with Crippen molar-refractivity contribution in [2.45, 2.75) is 6.61 Å². The molecule has 41 heavy (non-hydrogen) atoms. The minimum absolute atomic E-state index is 0.191. The van der Waals surface area contributed by atoms with E-state index in [2.05, 4.69) is 0 Å². The summed E-state index contributed by atoms with van der Waals surface area (Å²) in [7, 11) is 4.88. The molecule has 0 heterocycles. The zero-order valence-electron chi connectivity index (χ0n) is 24.9.